The summed E-state index contributed by atoms with van der Waals surface area (Å²) in [7, 11) is 0. The molecule has 218 valence electrons. The molecule has 0 saturated heterocycles. The fraction of sp³-hybridized carbons (Fsp3) is 0.208. The van der Waals surface area contributed by atoms with E-state index in [1.807, 2.05) is 19.1 Å². The Balaban J connectivity index is 0.000000473. The molecule has 3 aromatic rings. The lowest BCUT2D eigenvalue weighted by Crippen LogP contribution is -2.21. The number of nitrogens with two attached hydrogens (primary N) is 1. The Labute approximate surface area is 231 Å². The highest BCUT2D eigenvalue weighted by atomic mass is 35.5. The molecule has 40 heavy (non-hydrogen) atoms. The van der Waals surface area contributed by atoms with Crippen molar-refractivity contribution in [2.45, 2.75) is 31.4 Å². The maximum absolute atomic E-state index is 13.4. The lowest BCUT2D eigenvalue weighted by Gasteiger charge is -2.21. The molecule has 0 saturated carbocycles. The number of hydrogen-bond acceptors (Lipinski definition) is 5. The molecule has 0 unspecified atom stereocenters. The molecule has 0 fully saturated rings. The van der Waals surface area contributed by atoms with Crippen LogP contribution < -0.4 is 5.73 Å². The number of halogens is 9. The molecule has 0 aliphatic rings. The largest absolute Gasteiger partial charge is 0.490 e. The first kappa shape index (κ1) is 34.6. The van der Waals surface area contributed by atoms with E-state index in [0.29, 0.717) is 26.7 Å². The van der Waals surface area contributed by atoms with Crippen LogP contribution in [0.3, 0.4) is 0 Å². The Morgan fingerprint density at radius 2 is 1.35 bits per heavy atom. The molecule has 0 spiro atoms. The molecule has 1 heterocycles. The number of carbonyl (C=O) groups is 2. The second-order valence-corrected chi connectivity index (χ2v) is 8.53. The Morgan fingerprint density at radius 3 is 1.77 bits per heavy atom. The summed E-state index contributed by atoms with van der Waals surface area (Å²) in [4.78, 5) is 21.7. The number of aliphatic carboxylic acids is 2. The topological polar surface area (TPSA) is 134 Å². The van der Waals surface area contributed by atoms with Crippen molar-refractivity contribution in [2.75, 3.05) is 0 Å². The van der Waals surface area contributed by atoms with Crippen molar-refractivity contribution in [1.82, 2.24) is 4.98 Å². The number of alkyl halides is 6. The number of rotatable bonds is 4. The smallest absolute Gasteiger partial charge is 0.475 e. The third kappa shape index (κ3) is 10.6. The van der Waals surface area contributed by atoms with Crippen LogP contribution in [0.25, 0.3) is 11.1 Å². The van der Waals surface area contributed by atoms with Gasteiger partial charge in [0, 0.05) is 11.8 Å². The lowest BCUT2D eigenvalue weighted by molar-refractivity contribution is -0.193. The van der Waals surface area contributed by atoms with Crippen LogP contribution in [0.4, 0.5) is 30.7 Å². The van der Waals surface area contributed by atoms with E-state index in [4.69, 9.17) is 48.7 Å². The summed E-state index contributed by atoms with van der Waals surface area (Å²) < 4.78 is 76.9. The number of carboxylic acid groups (broad SMARTS) is 2. The molecule has 0 aliphatic carbocycles. The van der Waals surface area contributed by atoms with Crippen molar-refractivity contribution in [3.63, 3.8) is 0 Å². The van der Waals surface area contributed by atoms with E-state index >= 15 is 0 Å². The van der Waals surface area contributed by atoms with Crippen molar-refractivity contribution in [2.24, 2.45) is 5.73 Å². The van der Waals surface area contributed by atoms with Crippen LogP contribution in [0.15, 0.2) is 54.9 Å². The van der Waals surface area contributed by atoms with Crippen LogP contribution in [0, 0.1) is 12.7 Å². The van der Waals surface area contributed by atoms with E-state index in [0.717, 1.165) is 17.3 Å². The molecule has 1 aromatic heterocycles. The van der Waals surface area contributed by atoms with Gasteiger partial charge in [0.2, 0.25) is 0 Å². The molecule has 0 bridgehead atoms. The van der Waals surface area contributed by atoms with Crippen LogP contribution in [0.1, 0.15) is 28.8 Å². The molecule has 2 atom stereocenters. The third-order valence-electron chi connectivity index (χ3n) is 4.76. The van der Waals surface area contributed by atoms with Gasteiger partial charge in [-0.1, -0.05) is 47.5 Å². The van der Waals surface area contributed by atoms with Crippen molar-refractivity contribution < 1.29 is 55.6 Å². The van der Waals surface area contributed by atoms with E-state index in [1.165, 1.54) is 6.07 Å². The number of benzene rings is 2. The number of aliphatic hydroxyl groups is 1. The van der Waals surface area contributed by atoms with E-state index in [9.17, 15) is 35.8 Å². The predicted molar refractivity (Wildman–Crippen MR) is 130 cm³/mol. The number of pyridine rings is 1. The minimum Gasteiger partial charge on any atom is -0.475 e. The predicted octanol–water partition coefficient (Wildman–Crippen LogP) is 6.50. The van der Waals surface area contributed by atoms with Gasteiger partial charge in [-0.2, -0.15) is 26.3 Å². The van der Waals surface area contributed by atoms with Gasteiger partial charge in [-0.3, -0.25) is 4.98 Å². The maximum atomic E-state index is 13.4. The Morgan fingerprint density at radius 1 is 0.850 bits per heavy atom. The average Bonchev–Trinajstić information content (AvgIpc) is 2.84. The molecular weight excluding hydrogens is 600 g/mol. The normalized spacial score (nSPS) is 12.7. The molecule has 3 rings (SSSR count). The summed E-state index contributed by atoms with van der Waals surface area (Å²) in [6, 6.07) is 11.2. The highest BCUT2D eigenvalue weighted by Gasteiger charge is 2.38. The fourth-order valence-corrected chi connectivity index (χ4v) is 3.17. The summed E-state index contributed by atoms with van der Waals surface area (Å²) in [5.41, 5.74) is 9.95. The van der Waals surface area contributed by atoms with Gasteiger partial charge in [-0.25, -0.2) is 14.0 Å². The van der Waals surface area contributed by atoms with Gasteiger partial charge in [0.15, 0.2) is 0 Å². The van der Waals surface area contributed by atoms with Gasteiger partial charge < -0.3 is 21.1 Å². The standard InChI is InChI=1S/C20H17Cl2FN2O.2C2HF3O2/c1-11-6-13(2-4-16(11)14-7-15(23)10-25-9-14)20(26)19(24)12-3-5-17(21)18(22)8-12;2*3-2(4,5)1(6)7/h2-10,19-20,26H,24H2,1H3;2*(H,6,7)/t19-,20+;;/m1../s1. The van der Waals surface area contributed by atoms with Gasteiger partial charge in [-0.05, 0) is 47.4 Å². The second kappa shape index (κ2) is 14.3. The van der Waals surface area contributed by atoms with Crippen molar-refractivity contribution in [3.8, 4) is 11.1 Å². The van der Waals surface area contributed by atoms with Gasteiger partial charge in [0.1, 0.15) is 5.82 Å². The minimum atomic E-state index is -5.08. The monoisotopic (exact) mass is 618 g/mol. The van der Waals surface area contributed by atoms with E-state index in [-0.39, 0.29) is 0 Å². The van der Waals surface area contributed by atoms with Gasteiger partial charge >= 0.3 is 24.3 Å². The molecule has 0 radical (unpaired) electrons. The zero-order valence-corrected chi connectivity index (χ0v) is 21.4. The first-order chi connectivity index (χ1) is 18.2. The highest BCUT2D eigenvalue weighted by molar-refractivity contribution is 6.42. The van der Waals surface area contributed by atoms with E-state index in [1.54, 1.807) is 30.5 Å². The van der Waals surface area contributed by atoms with Crippen molar-refractivity contribution in [3.05, 3.63) is 87.4 Å². The number of aliphatic hydroxyl groups excluding tert-OH is 1. The van der Waals surface area contributed by atoms with Crippen LogP contribution >= 0.6 is 23.2 Å². The van der Waals surface area contributed by atoms with Gasteiger partial charge in [0.25, 0.3) is 0 Å². The van der Waals surface area contributed by atoms with Gasteiger partial charge in [-0.15, -0.1) is 0 Å². The van der Waals surface area contributed by atoms with Crippen molar-refractivity contribution >= 4 is 35.1 Å². The summed E-state index contributed by atoms with van der Waals surface area (Å²) in [5.74, 6) is -5.91. The van der Waals surface area contributed by atoms with Crippen LogP contribution in [-0.4, -0.2) is 44.6 Å². The molecule has 5 N–H and O–H groups in total. The first-order valence-electron chi connectivity index (χ1n) is 10.5. The molecule has 16 heteroatoms. The Hall–Kier alpha value is -3.46. The number of nitrogens with zero attached hydrogens (tertiary/aromatic N) is 1. The van der Waals surface area contributed by atoms with Gasteiger partial charge in [0.05, 0.1) is 28.4 Å². The minimum absolute atomic E-state index is 0.386. The average molecular weight is 619 g/mol. The summed E-state index contributed by atoms with van der Waals surface area (Å²) in [5, 5.41) is 25.7. The second-order valence-electron chi connectivity index (χ2n) is 7.72. The van der Waals surface area contributed by atoms with E-state index < -0.39 is 42.3 Å². The third-order valence-corrected chi connectivity index (χ3v) is 5.50. The molecular formula is C24H19Cl2F7N2O5. The van der Waals surface area contributed by atoms with Crippen LogP contribution in [-0.2, 0) is 9.59 Å². The quantitative estimate of drug-likeness (QED) is 0.245. The zero-order chi connectivity index (χ0) is 31.0. The van der Waals surface area contributed by atoms with Crippen LogP contribution in [0.5, 0.6) is 0 Å². The number of aryl methyl sites for hydroxylation is 1. The lowest BCUT2D eigenvalue weighted by atomic mass is 9.93. The summed E-state index contributed by atoms with van der Waals surface area (Å²) in [6.07, 6.45) is -8.33. The first-order valence-corrected chi connectivity index (χ1v) is 11.2. The fourth-order valence-electron chi connectivity index (χ4n) is 2.86. The zero-order valence-electron chi connectivity index (χ0n) is 19.9. The number of aromatic nitrogens is 1. The van der Waals surface area contributed by atoms with E-state index in [2.05, 4.69) is 4.98 Å². The SMILES string of the molecule is Cc1cc([C@H](O)[C@H](N)c2ccc(Cl)c(Cl)c2)ccc1-c1cncc(F)c1.O=C(O)C(F)(F)F.O=C(O)C(F)(F)F. The summed E-state index contributed by atoms with van der Waals surface area (Å²) in [6.45, 7) is 1.89. The molecule has 7 nitrogen and oxygen atoms in total. The highest BCUT2D eigenvalue weighted by Crippen LogP contribution is 2.33. The number of hydrogen-bond donors (Lipinski definition) is 4. The van der Waals surface area contributed by atoms with Crippen LogP contribution in [0.2, 0.25) is 10.0 Å². The number of carboxylic acids is 2. The molecule has 0 aliphatic heterocycles. The molecule has 2 aromatic carbocycles. The summed E-state index contributed by atoms with van der Waals surface area (Å²) >= 11 is 12.0. The Bertz CT molecular complexity index is 1310. The Kier molecular flexibility index (Phi) is 12.3. The molecule has 0 amide bonds. The maximum Gasteiger partial charge on any atom is 0.490 e. The van der Waals surface area contributed by atoms with Crippen molar-refractivity contribution in [1.29, 1.82) is 0 Å².